The van der Waals surface area contributed by atoms with Crippen LogP contribution in [0.15, 0.2) is 133 Å². The van der Waals surface area contributed by atoms with Crippen LogP contribution >= 0.6 is 0 Å². The summed E-state index contributed by atoms with van der Waals surface area (Å²) in [4.78, 5) is 6.82. The van der Waals surface area contributed by atoms with Crippen molar-refractivity contribution in [3.05, 3.63) is 173 Å². The van der Waals surface area contributed by atoms with E-state index in [1.807, 2.05) is 103 Å². The number of aryl methyl sites for hydroxylation is 1. The Bertz CT molecular complexity index is 2110. The smallest absolute Gasteiger partial charge is 0.310 e. The zero-order chi connectivity index (χ0) is 33.4. The summed E-state index contributed by atoms with van der Waals surface area (Å²) in [6.45, 7) is 1.26. The normalized spacial score (nSPS) is 14.6. The van der Waals surface area contributed by atoms with E-state index in [0.717, 1.165) is 28.2 Å². The van der Waals surface area contributed by atoms with Gasteiger partial charge in [0.1, 0.15) is 5.69 Å². The van der Waals surface area contributed by atoms with E-state index in [0.29, 0.717) is 28.6 Å². The van der Waals surface area contributed by atoms with Crippen LogP contribution in [-0.4, -0.2) is 4.98 Å². The van der Waals surface area contributed by atoms with Gasteiger partial charge in [0.15, 0.2) is 5.69 Å². The number of fused-ring (bicyclic) bond motifs is 8. The molecule has 1 aromatic heterocycles. The third kappa shape index (κ3) is 4.19. The number of rotatable bonds is 2. The summed E-state index contributed by atoms with van der Waals surface area (Å²) >= 11 is 0. The molecule has 0 unspecified atom stereocenters. The molecule has 48 heavy (non-hydrogen) atoms. The van der Waals surface area contributed by atoms with E-state index < -0.39 is 34.8 Å². The molecule has 0 aliphatic carbocycles. The molecule has 0 saturated carbocycles. The summed E-state index contributed by atoms with van der Waals surface area (Å²) in [5.41, 5.74) is 1.86. The van der Waals surface area contributed by atoms with Gasteiger partial charge < -0.3 is 9.80 Å². The lowest BCUT2D eigenvalue weighted by Gasteiger charge is -2.51. The Balaban J connectivity index is 1.50. The molecule has 0 fully saturated rings. The predicted octanol–water partition coefficient (Wildman–Crippen LogP) is 11.4. The number of aromatic nitrogens is 1. The standard InChI is InChI=1S/C39H25F6N3/c1-24-23-34(38(40,41)42)46-36(39(43,44)45)35(24)48-32-21-11-7-17-28(32)37(29-18-8-12-22-33(29)48)26-15-5-9-19-30(26)47(25-13-3-2-4-14-25)31-20-10-6-16-27(31)37/h2-23H,1H3. The first kappa shape index (κ1) is 29.8. The Hall–Kier alpha value is -5.57. The van der Waals surface area contributed by atoms with Crippen molar-refractivity contribution in [3.63, 3.8) is 0 Å². The molecule has 3 heterocycles. The summed E-state index contributed by atoms with van der Waals surface area (Å²) in [5, 5.41) is 0. The van der Waals surface area contributed by atoms with Crippen molar-refractivity contribution in [1.82, 2.24) is 4.98 Å². The minimum atomic E-state index is -5.18. The molecule has 0 N–H and O–H groups in total. The first-order valence-corrected chi connectivity index (χ1v) is 15.2. The highest BCUT2D eigenvalue weighted by Gasteiger charge is 2.53. The molecule has 0 radical (unpaired) electrons. The van der Waals surface area contributed by atoms with Crippen LogP contribution < -0.4 is 9.80 Å². The van der Waals surface area contributed by atoms with Gasteiger partial charge in [-0.3, -0.25) is 0 Å². The Labute approximate surface area is 272 Å². The van der Waals surface area contributed by atoms with Gasteiger partial charge in [-0.05, 0) is 77.2 Å². The molecular formula is C39H25F6N3. The van der Waals surface area contributed by atoms with E-state index in [9.17, 15) is 26.3 Å². The lowest BCUT2D eigenvalue weighted by molar-refractivity contribution is -0.149. The van der Waals surface area contributed by atoms with Crippen molar-refractivity contribution < 1.29 is 26.3 Å². The fraction of sp³-hybridized carbons (Fsp3) is 0.103. The third-order valence-electron chi connectivity index (χ3n) is 9.18. The van der Waals surface area contributed by atoms with Crippen molar-refractivity contribution >= 4 is 34.1 Å². The molecule has 9 heteroatoms. The van der Waals surface area contributed by atoms with E-state index >= 15 is 0 Å². The molecule has 2 aliphatic rings. The highest BCUT2D eigenvalue weighted by atomic mass is 19.4. The number of nitrogens with zero attached hydrogens (tertiary/aromatic N) is 3. The first-order chi connectivity index (χ1) is 23.0. The van der Waals surface area contributed by atoms with E-state index in [1.165, 1.54) is 11.8 Å². The van der Waals surface area contributed by atoms with Gasteiger partial charge in [0.05, 0.1) is 33.9 Å². The summed E-state index contributed by atoms with van der Waals surface area (Å²) < 4.78 is 85.8. The summed E-state index contributed by atoms with van der Waals surface area (Å²) in [5.74, 6) is 0. The van der Waals surface area contributed by atoms with Crippen LogP contribution in [0.5, 0.6) is 0 Å². The van der Waals surface area contributed by atoms with Gasteiger partial charge in [-0.15, -0.1) is 0 Å². The van der Waals surface area contributed by atoms with Crippen LogP contribution in [0.1, 0.15) is 39.2 Å². The molecule has 6 aromatic rings. The van der Waals surface area contributed by atoms with Gasteiger partial charge >= 0.3 is 12.4 Å². The van der Waals surface area contributed by atoms with Crippen LogP contribution in [0.4, 0.5) is 60.5 Å². The van der Waals surface area contributed by atoms with Gasteiger partial charge in [-0.25, -0.2) is 4.98 Å². The minimum absolute atomic E-state index is 0.204. The zero-order valence-electron chi connectivity index (χ0n) is 25.3. The summed E-state index contributed by atoms with van der Waals surface area (Å²) in [6, 6.07) is 40.9. The molecule has 1 spiro atoms. The molecule has 0 amide bonds. The fourth-order valence-electron chi connectivity index (χ4n) is 7.46. The Morgan fingerprint density at radius 3 is 1.31 bits per heavy atom. The Morgan fingerprint density at radius 1 is 0.500 bits per heavy atom. The Morgan fingerprint density at radius 2 is 0.896 bits per heavy atom. The van der Waals surface area contributed by atoms with Crippen LogP contribution in [0.25, 0.3) is 0 Å². The number of halogens is 6. The average molecular weight is 650 g/mol. The molecule has 3 nitrogen and oxygen atoms in total. The molecule has 2 aliphatic heterocycles. The molecule has 0 saturated heterocycles. The zero-order valence-corrected chi connectivity index (χ0v) is 25.3. The van der Waals surface area contributed by atoms with E-state index in [1.54, 1.807) is 24.3 Å². The quantitative estimate of drug-likeness (QED) is 0.174. The SMILES string of the molecule is Cc1cc(C(F)(F)F)nc(C(F)(F)F)c1N1c2ccccc2C2(c3ccccc3N(c3ccccc3)c3ccccc32)c2ccccc21. The summed E-state index contributed by atoms with van der Waals surface area (Å²) in [7, 11) is 0. The largest absolute Gasteiger partial charge is 0.435 e. The number of benzene rings is 5. The van der Waals surface area contributed by atoms with Gasteiger partial charge in [-0.1, -0.05) is 91.0 Å². The maximum atomic E-state index is 14.8. The van der Waals surface area contributed by atoms with Crippen LogP contribution in [0, 0.1) is 6.92 Å². The van der Waals surface area contributed by atoms with Crippen LogP contribution in [-0.2, 0) is 17.8 Å². The van der Waals surface area contributed by atoms with Crippen LogP contribution in [0.2, 0.25) is 0 Å². The second kappa shape index (κ2) is 10.5. The molecular weight excluding hydrogens is 624 g/mol. The minimum Gasteiger partial charge on any atom is -0.310 e. The number of hydrogen-bond donors (Lipinski definition) is 0. The topological polar surface area (TPSA) is 19.4 Å². The first-order valence-electron chi connectivity index (χ1n) is 15.2. The Kier molecular flexibility index (Phi) is 6.50. The lowest BCUT2D eigenvalue weighted by atomic mass is 9.60. The molecule has 5 aromatic carbocycles. The second-order valence-electron chi connectivity index (χ2n) is 11.8. The van der Waals surface area contributed by atoms with Crippen molar-refractivity contribution in [2.24, 2.45) is 0 Å². The third-order valence-corrected chi connectivity index (χ3v) is 9.18. The van der Waals surface area contributed by atoms with E-state index in [4.69, 9.17) is 0 Å². The molecule has 0 atom stereocenters. The highest BCUT2D eigenvalue weighted by molar-refractivity contribution is 5.97. The number of para-hydroxylation sites is 5. The number of alkyl halides is 6. The molecule has 8 rings (SSSR count). The monoisotopic (exact) mass is 649 g/mol. The van der Waals surface area contributed by atoms with Crippen LogP contribution in [0.3, 0.4) is 0 Å². The fourth-order valence-corrected chi connectivity index (χ4v) is 7.46. The number of hydrogen-bond acceptors (Lipinski definition) is 3. The second-order valence-corrected chi connectivity index (χ2v) is 11.8. The maximum Gasteiger partial charge on any atom is 0.435 e. The van der Waals surface area contributed by atoms with Gasteiger partial charge in [0.25, 0.3) is 0 Å². The number of anilines is 6. The average Bonchev–Trinajstić information content (AvgIpc) is 3.08. The highest BCUT2D eigenvalue weighted by Crippen LogP contribution is 2.64. The van der Waals surface area contributed by atoms with E-state index in [-0.39, 0.29) is 5.56 Å². The predicted molar refractivity (Wildman–Crippen MR) is 174 cm³/mol. The van der Waals surface area contributed by atoms with Crippen molar-refractivity contribution in [2.75, 3.05) is 9.80 Å². The molecule has 0 bridgehead atoms. The van der Waals surface area contributed by atoms with E-state index in [2.05, 4.69) is 9.88 Å². The van der Waals surface area contributed by atoms with Gasteiger partial charge in [-0.2, -0.15) is 26.3 Å². The number of pyridine rings is 1. The van der Waals surface area contributed by atoms with Crippen molar-refractivity contribution in [3.8, 4) is 0 Å². The van der Waals surface area contributed by atoms with Crippen molar-refractivity contribution in [1.29, 1.82) is 0 Å². The van der Waals surface area contributed by atoms with Crippen molar-refractivity contribution in [2.45, 2.75) is 24.7 Å². The molecule has 238 valence electrons. The summed E-state index contributed by atoms with van der Waals surface area (Å²) in [6.07, 6.45) is -10.2. The van der Waals surface area contributed by atoms with Gasteiger partial charge in [0.2, 0.25) is 0 Å². The maximum absolute atomic E-state index is 14.8. The van der Waals surface area contributed by atoms with Gasteiger partial charge in [0, 0.05) is 5.69 Å². The lowest BCUT2D eigenvalue weighted by Crippen LogP contribution is -2.42.